The number of rotatable bonds is 10. The zero-order valence-electron chi connectivity index (χ0n) is 19.0. The van der Waals surface area contributed by atoms with Crippen LogP contribution in [-0.4, -0.2) is 36.2 Å². The van der Waals surface area contributed by atoms with Gasteiger partial charge in [0.05, 0.1) is 24.3 Å². The largest absolute Gasteiger partial charge is 0.494 e. The minimum Gasteiger partial charge on any atom is -0.494 e. The van der Waals surface area contributed by atoms with Gasteiger partial charge in [0.25, 0.3) is 0 Å². The van der Waals surface area contributed by atoms with Gasteiger partial charge in [0.1, 0.15) is 11.5 Å². The summed E-state index contributed by atoms with van der Waals surface area (Å²) in [6.45, 7) is 4.21. The molecular weight excluding hydrogens is 448 g/mol. The molecule has 7 nitrogen and oxygen atoms in total. The molecule has 0 radical (unpaired) electrons. The fraction of sp³-hybridized carbons (Fsp3) is 0.179. The molecule has 0 bridgehead atoms. The summed E-state index contributed by atoms with van der Waals surface area (Å²) < 4.78 is 16.2. The first-order valence-electron chi connectivity index (χ1n) is 11.2. The van der Waals surface area contributed by atoms with Gasteiger partial charge in [-0.15, -0.1) is 0 Å². The Morgan fingerprint density at radius 2 is 1.46 bits per heavy atom. The summed E-state index contributed by atoms with van der Waals surface area (Å²) in [4.78, 5) is 34.6. The molecule has 0 fully saturated rings. The third-order valence-electron chi connectivity index (χ3n) is 5.62. The molecule has 3 aromatic rings. The number of hydrogen-bond donors (Lipinski definition) is 1. The van der Waals surface area contributed by atoms with Crippen LogP contribution in [0.15, 0.2) is 73.3 Å². The fourth-order valence-electron chi connectivity index (χ4n) is 3.86. The molecule has 35 heavy (non-hydrogen) atoms. The van der Waals surface area contributed by atoms with Crippen molar-refractivity contribution in [1.29, 1.82) is 0 Å². The summed E-state index contributed by atoms with van der Waals surface area (Å²) in [5.74, 6) is -0.917. The first kappa shape index (κ1) is 23.8. The normalized spacial score (nSPS) is 11.2. The van der Waals surface area contributed by atoms with Crippen molar-refractivity contribution >= 4 is 17.9 Å². The van der Waals surface area contributed by atoms with Crippen LogP contribution in [0.3, 0.4) is 0 Å². The Hall–Kier alpha value is -4.39. The zero-order chi connectivity index (χ0) is 24.8. The van der Waals surface area contributed by atoms with Gasteiger partial charge in [-0.3, -0.25) is 0 Å². The highest BCUT2D eigenvalue weighted by Gasteiger charge is 2.21. The van der Waals surface area contributed by atoms with Gasteiger partial charge in [-0.05, 0) is 90.0 Å². The first-order chi connectivity index (χ1) is 16.9. The standard InChI is InChI=1S/C28H24O7/c1-2-26(29)34-14-4-3-13-33-23-10-12-25-21(17-23)16-20-15-19(7-11-24(20)25)28(32)35-22-8-5-18(6-9-22)27(30)31/h2,5-12,15,17H,1,3-4,13-14,16H2,(H,30,31). The number of carboxylic acid groups (broad SMARTS) is 1. The van der Waals surface area contributed by atoms with Crippen molar-refractivity contribution in [3.8, 4) is 22.6 Å². The van der Waals surface area contributed by atoms with Crippen LogP contribution < -0.4 is 9.47 Å². The molecule has 0 saturated carbocycles. The number of benzene rings is 3. The molecule has 0 unspecified atom stereocenters. The summed E-state index contributed by atoms with van der Waals surface area (Å²) in [7, 11) is 0. The lowest BCUT2D eigenvalue weighted by Crippen LogP contribution is -2.09. The Morgan fingerprint density at radius 3 is 2.17 bits per heavy atom. The highest BCUT2D eigenvalue weighted by molar-refractivity contribution is 5.93. The molecule has 0 spiro atoms. The third-order valence-corrected chi connectivity index (χ3v) is 5.62. The smallest absolute Gasteiger partial charge is 0.343 e. The van der Waals surface area contributed by atoms with Crippen LogP contribution in [-0.2, 0) is 16.0 Å². The van der Waals surface area contributed by atoms with Gasteiger partial charge in [0.2, 0.25) is 0 Å². The lowest BCUT2D eigenvalue weighted by molar-refractivity contribution is -0.137. The van der Waals surface area contributed by atoms with E-state index in [1.54, 1.807) is 6.07 Å². The lowest BCUT2D eigenvalue weighted by atomic mass is 10.0. The zero-order valence-corrected chi connectivity index (χ0v) is 19.0. The van der Waals surface area contributed by atoms with E-state index < -0.39 is 17.9 Å². The summed E-state index contributed by atoms with van der Waals surface area (Å²) >= 11 is 0. The van der Waals surface area contributed by atoms with Crippen LogP contribution in [0.25, 0.3) is 11.1 Å². The Morgan fingerprint density at radius 1 is 0.829 bits per heavy atom. The Bertz CT molecular complexity index is 1270. The average Bonchev–Trinajstić information content (AvgIpc) is 3.23. The molecule has 7 heteroatoms. The van der Waals surface area contributed by atoms with E-state index in [0.29, 0.717) is 31.6 Å². The predicted molar refractivity (Wildman–Crippen MR) is 129 cm³/mol. The molecule has 3 aromatic carbocycles. The van der Waals surface area contributed by atoms with Crippen LogP contribution in [0.1, 0.15) is 44.7 Å². The second-order valence-corrected chi connectivity index (χ2v) is 8.01. The quantitative estimate of drug-likeness (QED) is 0.149. The van der Waals surface area contributed by atoms with E-state index in [9.17, 15) is 14.4 Å². The SMILES string of the molecule is C=CC(=O)OCCCCOc1ccc2c(c1)Cc1cc(C(=O)Oc3ccc(C(=O)O)cc3)ccc1-2. The molecular formula is C28H24O7. The van der Waals surface area contributed by atoms with Gasteiger partial charge in [-0.25, -0.2) is 14.4 Å². The lowest BCUT2D eigenvalue weighted by Gasteiger charge is -2.08. The van der Waals surface area contributed by atoms with Crippen LogP contribution in [0.2, 0.25) is 0 Å². The summed E-state index contributed by atoms with van der Waals surface area (Å²) in [5, 5.41) is 8.98. The topological polar surface area (TPSA) is 99.1 Å². The predicted octanol–water partition coefficient (Wildman–Crippen LogP) is 5.06. The van der Waals surface area contributed by atoms with Crippen LogP contribution in [0, 0.1) is 0 Å². The number of carbonyl (C=O) groups is 3. The van der Waals surface area contributed by atoms with Gasteiger partial charge >= 0.3 is 17.9 Å². The molecule has 1 aliphatic carbocycles. The average molecular weight is 472 g/mol. The Balaban J connectivity index is 1.34. The van der Waals surface area contributed by atoms with Gasteiger partial charge in [-0.1, -0.05) is 18.7 Å². The van der Waals surface area contributed by atoms with Gasteiger partial charge in [0.15, 0.2) is 0 Å². The Labute approximate surface area is 202 Å². The number of carbonyl (C=O) groups excluding carboxylic acids is 2. The number of unbranched alkanes of at least 4 members (excludes halogenated alkanes) is 1. The van der Waals surface area contributed by atoms with Crippen LogP contribution >= 0.6 is 0 Å². The number of esters is 2. The molecule has 0 aromatic heterocycles. The minimum absolute atomic E-state index is 0.123. The number of aromatic carboxylic acids is 1. The van der Waals surface area contributed by atoms with E-state index >= 15 is 0 Å². The molecule has 0 saturated heterocycles. The second-order valence-electron chi connectivity index (χ2n) is 8.01. The van der Waals surface area contributed by atoms with Gasteiger partial charge in [-0.2, -0.15) is 0 Å². The summed E-state index contributed by atoms with van der Waals surface area (Å²) in [6, 6.07) is 17.1. The molecule has 0 heterocycles. The van der Waals surface area contributed by atoms with Crippen LogP contribution in [0.4, 0.5) is 0 Å². The number of hydrogen-bond acceptors (Lipinski definition) is 6. The van der Waals surface area contributed by atoms with Crippen molar-refractivity contribution in [3.63, 3.8) is 0 Å². The van der Waals surface area contributed by atoms with Crippen molar-refractivity contribution in [2.75, 3.05) is 13.2 Å². The fourth-order valence-corrected chi connectivity index (χ4v) is 3.86. The van der Waals surface area contributed by atoms with E-state index in [-0.39, 0.29) is 11.3 Å². The maximum Gasteiger partial charge on any atom is 0.343 e. The maximum absolute atomic E-state index is 12.6. The molecule has 0 atom stereocenters. The summed E-state index contributed by atoms with van der Waals surface area (Å²) in [6.07, 6.45) is 3.28. The molecule has 1 N–H and O–H groups in total. The highest BCUT2D eigenvalue weighted by Crippen LogP contribution is 2.39. The van der Waals surface area contributed by atoms with E-state index in [1.807, 2.05) is 30.3 Å². The maximum atomic E-state index is 12.6. The number of carboxylic acids is 1. The summed E-state index contributed by atoms with van der Waals surface area (Å²) in [5.41, 5.74) is 4.86. The third kappa shape index (κ3) is 5.76. The van der Waals surface area contributed by atoms with E-state index in [2.05, 4.69) is 6.58 Å². The highest BCUT2D eigenvalue weighted by atomic mass is 16.5. The molecule has 178 valence electrons. The van der Waals surface area contributed by atoms with E-state index in [4.69, 9.17) is 19.3 Å². The monoisotopic (exact) mass is 472 g/mol. The molecule has 0 amide bonds. The minimum atomic E-state index is -1.04. The van der Waals surface area contributed by atoms with Gasteiger partial charge < -0.3 is 19.3 Å². The molecule has 1 aliphatic rings. The first-order valence-corrected chi connectivity index (χ1v) is 11.2. The van der Waals surface area contributed by atoms with Crippen molar-refractivity contribution in [3.05, 3.63) is 95.6 Å². The second kappa shape index (κ2) is 10.7. The van der Waals surface area contributed by atoms with E-state index in [0.717, 1.165) is 40.5 Å². The van der Waals surface area contributed by atoms with E-state index in [1.165, 1.54) is 24.3 Å². The van der Waals surface area contributed by atoms with Crippen molar-refractivity contribution in [2.24, 2.45) is 0 Å². The van der Waals surface area contributed by atoms with Crippen molar-refractivity contribution in [1.82, 2.24) is 0 Å². The number of fused-ring (bicyclic) bond motifs is 3. The number of ether oxygens (including phenoxy) is 3. The van der Waals surface area contributed by atoms with Crippen LogP contribution in [0.5, 0.6) is 11.5 Å². The Kier molecular flexibility index (Phi) is 7.26. The van der Waals surface area contributed by atoms with Crippen molar-refractivity contribution in [2.45, 2.75) is 19.3 Å². The van der Waals surface area contributed by atoms with Gasteiger partial charge in [0, 0.05) is 6.08 Å². The molecule has 0 aliphatic heterocycles. The van der Waals surface area contributed by atoms with Crippen molar-refractivity contribution < 1.29 is 33.7 Å². The molecule has 4 rings (SSSR count).